The predicted molar refractivity (Wildman–Crippen MR) is 124 cm³/mol. The van der Waals surface area contributed by atoms with Crippen LogP contribution in [-0.2, 0) is 24.1 Å². The fourth-order valence-corrected chi connectivity index (χ4v) is 5.73. The summed E-state index contributed by atoms with van der Waals surface area (Å²) >= 11 is 0. The number of aromatic nitrogens is 2. The van der Waals surface area contributed by atoms with Crippen LogP contribution < -0.4 is 15.5 Å². The molecule has 2 aliphatic heterocycles. The molecule has 1 spiro atoms. The monoisotopic (exact) mass is 523 g/mol. The summed E-state index contributed by atoms with van der Waals surface area (Å²) in [4.78, 5) is 30.6. The zero-order valence-corrected chi connectivity index (χ0v) is 20.8. The molecule has 36 heavy (non-hydrogen) atoms. The fraction of sp³-hybridized carbons (Fsp3) is 0.545. The highest BCUT2D eigenvalue weighted by molar-refractivity contribution is 7.91. The van der Waals surface area contributed by atoms with E-state index in [0.717, 1.165) is 25.0 Å². The Bertz CT molecular complexity index is 1330. The number of sulfone groups is 1. The van der Waals surface area contributed by atoms with Crippen molar-refractivity contribution in [3.63, 3.8) is 0 Å². The summed E-state index contributed by atoms with van der Waals surface area (Å²) in [6, 6.07) is 0.704. The second-order valence-corrected chi connectivity index (χ2v) is 12.2. The van der Waals surface area contributed by atoms with Crippen LogP contribution >= 0.6 is 0 Å². The summed E-state index contributed by atoms with van der Waals surface area (Å²) < 4.78 is 57.3. The Morgan fingerprint density at radius 3 is 2.78 bits per heavy atom. The van der Waals surface area contributed by atoms with E-state index in [1.165, 1.54) is 0 Å². The third kappa shape index (κ3) is 4.87. The number of carbonyl (C=O) groups excluding carboxylic acids is 2. The summed E-state index contributed by atoms with van der Waals surface area (Å²) in [7, 11) is -4.17. The Kier molecular flexibility index (Phi) is 5.70. The van der Waals surface area contributed by atoms with E-state index in [-0.39, 0.29) is 28.7 Å². The van der Waals surface area contributed by atoms with Gasteiger partial charge in [0.15, 0.2) is 9.84 Å². The molecule has 12 nitrogen and oxygen atoms in total. The molecule has 14 heteroatoms. The van der Waals surface area contributed by atoms with Crippen molar-refractivity contribution in [1.29, 1.82) is 0 Å². The second-order valence-electron chi connectivity index (χ2n) is 10.2. The first-order valence-electron chi connectivity index (χ1n) is 11.4. The number of nitrogens with one attached hydrogen (secondary N) is 2. The van der Waals surface area contributed by atoms with Crippen molar-refractivity contribution in [2.75, 3.05) is 35.7 Å². The van der Waals surface area contributed by atoms with Gasteiger partial charge in [-0.3, -0.25) is 4.79 Å². The minimum atomic E-state index is -4.17. The molecular weight excluding hydrogens is 497 g/mol. The molecule has 194 valence electrons. The van der Waals surface area contributed by atoms with Crippen LogP contribution in [0.2, 0.25) is 0 Å². The minimum absolute atomic E-state index is 0.0963. The van der Waals surface area contributed by atoms with Gasteiger partial charge in [-0.15, -0.1) is 0 Å². The van der Waals surface area contributed by atoms with Gasteiger partial charge < -0.3 is 29.5 Å². The molecule has 2 N–H and O–H groups in total. The predicted octanol–water partition coefficient (Wildman–Crippen LogP) is 1.86. The van der Waals surface area contributed by atoms with E-state index in [1.54, 1.807) is 20.8 Å². The highest BCUT2D eigenvalue weighted by Gasteiger charge is 2.48. The quantitative estimate of drug-likeness (QED) is 0.609. The molecule has 2 amide bonds. The van der Waals surface area contributed by atoms with E-state index in [9.17, 15) is 18.0 Å². The molecule has 5 rings (SSSR count). The number of morpholine rings is 1. The molecule has 0 radical (unpaired) electrons. The molecule has 2 aromatic rings. The average Bonchev–Trinajstić information content (AvgIpc) is 3.34. The van der Waals surface area contributed by atoms with Gasteiger partial charge in [0, 0.05) is 6.54 Å². The van der Waals surface area contributed by atoms with E-state index in [1.807, 2.05) is 4.90 Å². The molecule has 1 aromatic heterocycles. The van der Waals surface area contributed by atoms with E-state index in [2.05, 4.69) is 20.8 Å². The molecular formula is C22H26FN5O7S. The number of anilines is 2. The Balaban J connectivity index is 1.40. The lowest BCUT2D eigenvalue weighted by atomic mass is 10.1. The SMILES string of the molecule is CC(C)(C)OC(=O)N[C@H]1CS(=O)(=O)c2cc(F)c(-c3noc(N4CCOC5(CC5)C4)n3)cc2NC1=O. The number of carbonyl (C=O) groups is 2. The highest BCUT2D eigenvalue weighted by Crippen LogP contribution is 2.43. The van der Waals surface area contributed by atoms with E-state index < -0.39 is 49.9 Å². The van der Waals surface area contributed by atoms with Gasteiger partial charge >= 0.3 is 12.1 Å². The normalized spacial score (nSPS) is 22.4. The second kappa shape index (κ2) is 8.40. The Labute approximate surface area is 206 Å². The summed E-state index contributed by atoms with van der Waals surface area (Å²) in [5.74, 6) is -2.56. The van der Waals surface area contributed by atoms with Crippen molar-refractivity contribution in [3.05, 3.63) is 17.9 Å². The van der Waals surface area contributed by atoms with Crippen LogP contribution in [0.15, 0.2) is 21.6 Å². The lowest BCUT2D eigenvalue weighted by Crippen LogP contribution is -2.48. The molecule has 1 aromatic carbocycles. The number of halogens is 1. The van der Waals surface area contributed by atoms with Crippen LogP contribution in [0.25, 0.3) is 11.4 Å². The number of rotatable bonds is 3. The largest absolute Gasteiger partial charge is 0.444 e. The molecule has 1 saturated carbocycles. The first kappa shape index (κ1) is 24.4. The third-order valence-electron chi connectivity index (χ3n) is 6.04. The van der Waals surface area contributed by atoms with Gasteiger partial charge in [0.1, 0.15) is 17.5 Å². The molecule has 0 bridgehead atoms. The fourth-order valence-electron chi connectivity index (χ4n) is 4.15. The van der Waals surface area contributed by atoms with Crippen LogP contribution in [0.4, 0.5) is 20.9 Å². The zero-order valence-electron chi connectivity index (χ0n) is 20.0. The summed E-state index contributed by atoms with van der Waals surface area (Å²) in [6.07, 6.45) is 0.940. The highest BCUT2D eigenvalue weighted by atomic mass is 32.2. The van der Waals surface area contributed by atoms with Gasteiger partial charge in [-0.2, -0.15) is 4.98 Å². The van der Waals surface area contributed by atoms with E-state index >= 15 is 4.39 Å². The van der Waals surface area contributed by atoms with Crippen LogP contribution in [0, 0.1) is 5.82 Å². The third-order valence-corrected chi connectivity index (χ3v) is 7.82. The Morgan fingerprint density at radius 1 is 1.33 bits per heavy atom. The minimum Gasteiger partial charge on any atom is -0.444 e. The number of hydrogen-bond acceptors (Lipinski definition) is 10. The van der Waals surface area contributed by atoms with Crippen molar-refractivity contribution in [1.82, 2.24) is 15.5 Å². The van der Waals surface area contributed by atoms with Gasteiger partial charge in [0.25, 0.3) is 0 Å². The molecule has 2 fully saturated rings. The zero-order chi connectivity index (χ0) is 25.9. The number of benzene rings is 1. The van der Waals surface area contributed by atoms with Gasteiger partial charge in [0.2, 0.25) is 11.7 Å². The average molecular weight is 524 g/mol. The van der Waals surface area contributed by atoms with Gasteiger partial charge in [-0.25, -0.2) is 17.6 Å². The van der Waals surface area contributed by atoms with Gasteiger partial charge in [-0.1, -0.05) is 5.16 Å². The lowest BCUT2D eigenvalue weighted by Gasteiger charge is -2.31. The lowest BCUT2D eigenvalue weighted by molar-refractivity contribution is -0.117. The van der Waals surface area contributed by atoms with Crippen LogP contribution in [0.1, 0.15) is 33.6 Å². The smallest absolute Gasteiger partial charge is 0.408 e. The Morgan fingerprint density at radius 2 is 2.08 bits per heavy atom. The molecule has 3 heterocycles. The molecule has 1 atom stereocenters. The first-order valence-corrected chi connectivity index (χ1v) is 13.1. The number of fused-ring (bicyclic) bond motifs is 1. The summed E-state index contributed by atoms with van der Waals surface area (Å²) in [5.41, 5.74) is -1.34. The van der Waals surface area contributed by atoms with Crippen LogP contribution in [-0.4, -0.2) is 73.3 Å². The first-order chi connectivity index (χ1) is 16.8. The van der Waals surface area contributed by atoms with E-state index in [4.69, 9.17) is 14.0 Å². The standard InChI is InChI=1S/C22H26FN5O7S/c1-21(2,3)34-20(30)25-15-10-36(31,32)16-9-13(23)12(8-14(16)24-18(15)29)17-26-19(35-27-17)28-6-7-33-22(11-28)4-5-22/h8-9,15H,4-7,10-11H2,1-3H3,(H,24,29)(H,25,30)/t15-/m0/s1. The summed E-state index contributed by atoms with van der Waals surface area (Å²) in [6.45, 7) is 6.51. The Hall–Kier alpha value is -3.26. The topological polar surface area (TPSA) is 153 Å². The molecule has 3 aliphatic rings. The van der Waals surface area contributed by atoms with E-state index in [0.29, 0.717) is 19.7 Å². The van der Waals surface area contributed by atoms with Crippen LogP contribution in [0.5, 0.6) is 0 Å². The van der Waals surface area contributed by atoms with Crippen molar-refractivity contribution in [3.8, 4) is 11.4 Å². The number of amides is 2. The van der Waals surface area contributed by atoms with Crippen LogP contribution in [0.3, 0.4) is 0 Å². The summed E-state index contributed by atoms with van der Waals surface area (Å²) in [5, 5.41) is 8.58. The maximum atomic E-state index is 15.1. The van der Waals surface area contributed by atoms with Gasteiger partial charge in [-0.05, 0) is 45.7 Å². The number of nitrogens with zero attached hydrogens (tertiary/aromatic N) is 3. The molecule has 1 saturated heterocycles. The van der Waals surface area contributed by atoms with Crippen molar-refractivity contribution in [2.24, 2.45) is 0 Å². The van der Waals surface area contributed by atoms with Gasteiger partial charge in [0.05, 0.1) is 40.7 Å². The van der Waals surface area contributed by atoms with Crippen molar-refractivity contribution in [2.45, 2.75) is 55.8 Å². The molecule has 0 unspecified atom stereocenters. The number of hydrogen-bond donors (Lipinski definition) is 2. The van der Waals surface area contributed by atoms with Crippen molar-refractivity contribution >= 4 is 33.5 Å². The maximum Gasteiger partial charge on any atom is 0.408 e. The van der Waals surface area contributed by atoms with Crippen molar-refractivity contribution < 1.29 is 36.4 Å². The molecule has 1 aliphatic carbocycles. The number of ether oxygens (including phenoxy) is 2. The maximum absolute atomic E-state index is 15.1. The number of alkyl carbamates (subject to hydrolysis) is 1.